The molecule has 0 radical (unpaired) electrons. The molecule has 4 heteroatoms. The van der Waals surface area contributed by atoms with Crippen molar-refractivity contribution in [3.63, 3.8) is 0 Å². The molecule has 1 heterocycles. The Morgan fingerprint density at radius 3 is 2.12 bits per heavy atom. The van der Waals surface area contributed by atoms with E-state index in [0.717, 1.165) is 0 Å². The summed E-state index contributed by atoms with van der Waals surface area (Å²) in [6.07, 6.45) is 0. The number of aromatic amines is 1. The molecule has 0 fully saturated rings. The molecule has 0 aliphatic heterocycles. The predicted octanol–water partition coefficient (Wildman–Crippen LogP) is 0.534. The molecule has 0 bridgehead atoms. The number of aryl methyl sites for hydroxylation is 1. The van der Waals surface area contributed by atoms with E-state index in [4.69, 9.17) is 0 Å². The van der Waals surface area contributed by atoms with Crippen LogP contribution in [0.2, 0.25) is 0 Å². The molecule has 1 rings (SSSR count). The number of nitrogens with zero attached hydrogens (tertiary/aromatic N) is 3. The van der Waals surface area contributed by atoms with Gasteiger partial charge in [-0.3, -0.25) is 0 Å². The van der Waals surface area contributed by atoms with Crippen molar-refractivity contribution in [3.8, 4) is 0 Å². The Balaban J connectivity index is 0.000000222. The summed E-state index contributed by atoms with van der Waals surface area (Å²) >= 11 is 0. The molecule has 0 aromatic carbocycles. The van der Waals surface area contributed by atoms with E-state index < -0.39 is 0 Å². The third-order valence-electron chi connectivity index (χ3n) is 0.451. The van der Waals surface area contributed by atoms with Crippen molar-refractivity contribution in [2.75, 3.05) is 0 Å². The fourth-order valence-electron chi connectivity index (χ4n) is 0.212. The van der Waals surface area contributed by atoms with Crippen LogP contribution >= 0.6 is 0 Å². The molecule has 1 aromatic heterocycles. The Labute approximate surface area is 48.3 Å². The minimum Gasteiger partial charge on any atom is -0.177 e. The summed E-state index contributed by atoms with van der Waals surface area (Å²) in [5, 5.41) is 12.7. The van der Waals surface area contributed by atoms with Crippen LogP contribution in [0.1, 0.15) is 19.7 Å². The van der Waals surface area contributed by atoms with Gasteiger partial charge in [-0.05, 0) is 6.92 Å². The van der Waals surface area contributed by atoms with Crippen molar-refractivity contribution in [1.82, 2.24) is 20.6 Å². The molecule has 0 aliphatic carbocycles. The molecule has 0 amide bonds. The lowest BCUT2D eigenvalue weighted by molar-refractivity contribution is 0.881. The van der Waals surface area contributed by atoms with Crippen LogP contribution in [0.15, 0.2) is 0 Å². The monoisotopic (exact) mass is 114 g/mol. The number of hydrogen-bond acceptors (Lipinski definition) is 3. The lowest BCUT2D eigenvalue weighted by Crippen LogP contribution is -1.69. The molecule has 1 aromatic rings. The third-order valence-corrected chi connectivity index (χ3v) is 0.451. The van der Waals surface area contributed by atoms with E-state index >= 15 is 0 Å². The van der Waals surface area contributed by atoms with Gasteiger partial charge in [-0.25, -0.2) is 0 Å². The van der Waals surface area contributed by atoms with Gasteiger partial charge >= 0.3 is 0 Å². The number of nitrogens with one attached hydrogen (secondary N) is 1. The van der Waals surface area contributed by atoms with Crippen molar-refractivity contribution in [3.05, 3.63) is 5.82 Å². The van der Waals surface area contributed by atoms with Gasteiger partial charge < -0.3 is 0 Å². The van der Waals surface area contributed by atoms with Crippen molar-refractivity contribution in [2.45, 2.75) is 20.8 Å². The van der Waals surface area contributed by atoms with Gasteiger partial charge in [0.15, 0.2) is 5.82 Å². The van der Waals surface area contributed by atoms with Crippen LogP contribution in [0.5, 0.6) is 0 Å². The molecule has 46 valence electrons. The molecule has 8 heavy (non-hydrogen) atoms. The van der Waals surface area contributed by atoms with Gasteiger partial charge in [0.05, 0.1) is 0 Å². The number of rotatable bonds is 0. The van der Waals surface area contributed by atoms with Crippen LogP contribution in [0, 0.1) is 6.92 Å². The van der Waals surface area contributed by atoms with Crippen molar-refractivity contribution >= 4 is 0 Å². The van der Waals surface area contributed by atoms with Crippen LogP contribution < -0.4 is 0 Å². The van der Waals surface area contributed by atoms with Crippen molar-refractivity contribution < 1.29 is 0 Å². The largest absolute Gasteiger partial charge is 0.177 e. The maximum absolute atomic E-state index is 3.57. The van der Waals surface area contributed by atoms with Crippen molar-refractivity contribution in [2.24, 2.45) is 0 Å². The fourth-order valence-corrected chi connectivity index (χ4v) is 0.212. The minimum atomic E-state index is 0.676. The fraction of sp³-hybridized carbons (Fsp3) is 0.750. The van der Waals surface area contributed by atoms with E-state index in [1.165, 1.54) is 0 Å². The average molecular weight is 114 g/mol. The SMILES string of the molecule is CC.Cc1nn[nH]n1. The predicted molar refractivity (Wildman–Crippen MR) is 30.3 cm³/mol. The van der Waals surface area contributed by atoms with E-state index in [9.17, 15) is 0 Å². The van der Waals surface area contributed by atoms with Gasteiger partial charge in [0.1, 0.15) is 0 Å². The van der Waals surface area contributed by atoms with E-state index in [-0.39, 0.29) is 0 Å². The maximum atomic E-state index is 3.57. The van der Waals surface area contributed by atoms with Crippen LogP contribution in [-0.4, -0.2) is 20.6 Å². The first-order valence-electron chi connectivity index (χ1n) is 2.59. The van der Waals surface area contributed by atoms with E-state index in [2.05, 4.69) is 20.6 Å². The van der Waals surface area contributed by atoms with Crippen LogP contribution in [0.3, 0.4) is 0 Å². The highest BCUT2D eigenvalue weighted by Crippen LogP contribution is 1.69. The maximum Gasteiger partial charge on any atom is 0.171 e. The van der Waals surface area contributed by atoms with Crippen molar-refractivity contribution in [1.29, 1.82) is 0 Å². The van der Waals surface area contributed by atoms with E-state index in [1.54, 1.807) is 6.92 Å². The first-order chi connectivity index (χ1) is 3.89. The topological polar surface area (TPSA) is 54.5 Å². The first kappa shape index (κ1) is 7.07. The van der Waals surface area contributed by atoms with Gasteiger partial charge in [-0.2, -0.15) is 5.21 Å². The third kappa shape index (κ3) is 2.28. The highest BCUT2D eigenvalue weighted by molar-refractivity contribution is 4.63. The Bertz CT molecular complexity index is 112. The van der Waals surface area contributed by atoms with Gasteiger partial charge in [0.2, 0.25) is 0 Å². The highest BCUT2D eigenvalue weighted by Gasteiger charge is 1.78. The van der Waals surface area contributed by atoms with Gasteiger partial charge in [0.25, 0.3) is 0 Å². The van der Waals surface area contributed by atoms with E-state index in [0.29, 0.717) is 5.82 Å². The van der Waals surface area contributed by atoms with Crippen LogP contribution in [0.4, 0.5) is 0 Å². The number of hydrogen-bond donors (Lipinski definition) is 1. The number of tetrazole rings is 1. The molecular formula is C4H10N4. The Hall–Kier alpha value is -0.930. The van der Waals surface area contributed by atoms with E-state index in [1.807, 2.05) is 13.8 Å². The first-order valence-corrected chi connectivity index (χ1v) is 2.59. The Kier molecular flexibility index (Phi) is 3.74. The summed E-state index contributed by atoms with van der Waals surface area (Å²) in [5.41, 5.74) is 0. The minimum absolute atomic E-state index is 0.676. The summed E-state index contributed by atoms with van der Waals surface area (Å²) in [5.74, 6) is 0.676. The molecule has 0 spiro atoms. The van der Waals surface area contributed by atoms with Gasteiger partial charge in [0, 0.05) is 0 Å². The lowest BCUT2D eigenvalue weighted by atomic mass is 10.8. The summed E-state index contributed by atoms with van der Waals surface area (Å²) in [6.45, 7) is 5.77. The second kappa shape index (κ2) is 4.23. The summed E-state index contributed by atoms with van der Waals surface area (Å²) < 4.78 is 0. The molecule has 0 unspecified atom stereocenters. The standard InChI is InChI=1S/C2H4N4.C2H6/c1-2-3-5-6-4-2;1-2/h1H3,(H,3,4,5,6);1-2H3. The summed E-state index contributed by atoms with van der Waals surface area (Å²) in [4.78, 5) is 0. The highest BCUT2D eigenvalue weighted by atomic mass is 15.5. The number of aromatic nitrogens is 4. The molecule has 1 N–H and O–H groups in total. The molecule has 4 nitrogen and oxygen atoms in total. The molecule has 0 aliphatic rings. The molecule has 0 saturated carbocycles. The average Bonchev–Trinajstić information content (AvgIpc) is 2.24. The lowest BCUT2D eigenvalue weighted by Gasteiger charge is -1.59. The zero-order valence-electron chi connectivity index (χ0n) is 5.34. The Morgan fingerprint density at radius 1 is 1.38 bits per heavy atom. The quantitative estimate of drug-likeness (QED) is 0.535. The Morgan fingerprint density at radius 2 is 2.00 bits per heavy atom. The van der Waals surface area contributed by atoms with Gasteiger partial charge in [-0.15, -0.1) is 10.2 Å². The zero-order chi connectivity index (χ0) is 6.41. The zero-order valence-corrected chi connectivity index (χ0v) is 5.34. The number of H-pyrrole nitrogens is 1. The summed E-state index contributed by atoms with van der Waals surface area (Å²) in [7, 11) is 0. The summed E-state index contributed by atoms with van der Waals surface area (Å²) in [6, 6.07) is 0. The second-order valence-corrected chi connectivity index (χ2v) is 0.959. The molecular weight excluding hydrogens is 104 g/mol. The second-order valence-electron chi connectivity index (χ2n) is 0.959. The van der Waals surface area contributed by atoms with Crippen LogP contribution in [-0.2, 0) is 0 Å². The van der Waals surface area contributed by atoms with Crippen LogP contribution in [0.25, 0.3) is 0 Å². The molecule has 0 saturated heterocycles. The smallest absolute Gasteiger partial charge is 0.171 e. The van der Waals surface area contributed by atoms with Gasteiger partial charge in [-0.1, -0.05) is 19.1 Å². The normalized spacial score (nSPS) is 7.38. The molecule has 0 atom stereocenters.